The monoisotopic (exact) mass is 234 g/mol. The first-order valence-electron chi connectivity index (χ1n) is 5.46. The molecule has 1 aromatic carbocycles. The van der Waals surface area contributed by atoms with Crippen molar-refractivity contribution < 1.29 is 19.1 Å². The molecule has 90 valence electrons. The SMILES string of the molecule is CCOC(=O)C(O)c1ccc2c(C)coc2c1. The molecule has 1 unspecified atom stereocenters. The smallest absolute Gasteiger partial charge is 0.339 e. The molecule has 2 aromatic rings. The van der Waals surface area contributed by atoms with Gasteiger partial charge in [-0.05, 0) is 31.0 Å². The van der Waals surface area contributed by atoms with E-state index in [2.05, 4.69) is 0 Å². The number of hydrogen-bond acceptors (Lipinski definition) is 4. The molecule has 0 spiro atoms. The van der Waals surface area contributed by atoms with Crippen LogP contribution in [0.2, 0.25) is 0 Å². The Balaban J connectivity index is 2.33. The summed E-state index contributed by atoms with van der Waals surface area (Å²) in [6.45, 7) is 3.88. The third-order valence-electron chi connectivity index (χ3n) is 2.62. The van der Waals surface area contributed by atoms with Gasteiger partial charge in [0.05, 0.1) is 12.9 Å². The number of fused-ring (bicyclic) bond motifs is 1. The van der Waals surface area contributed by atoms with Crippen LogP contribution in [0.15, 0.2) is 28.9 Å². The molecule has 0 saturated carbocycles. The van der Waals surface area contributed by atoms with Crippen molar-refractivity contribution >= 4 is 16.9 Å². The van der Waals surface area contributed by atoms with Gasteiger partial charge in [0.25, 0.3) is 0 Å². The number of carbonyl (C=O) groups is 1. The quantitative estimate of drug-likeness (QED) is 0.828. The summed E-state index contributed by atoms with van der Waals surface area (Å²) < 4.78 is 10.1. The van der Waals surface area contributed by atoms with Gasteiger partial charge in [-0.25, -0.2) is 4.79 Å². The zero-order valence-corrected chi connectivity index (χ0v) is 9.77. The van der Waals surface area contributed by atoms with Gasteiger partial charge in [0.1, 0.15) is 5.58 Å². The molecule has 2 rings (SSSR count). The summed E-state index contributed by atoms with van der Waals surface area (Å²) in [5.41, 5.74) is 2.16. The molecule has 0 saturated heterocycles. The van der Waals surface area contributed by atoms with Crippen LogP contribution in [-0.4, -0.2) is 17.7 Å². The fourth-order valence-electron chi connectivity index (χ4n) is 1.70. The molecular formula is C13H14O4. The molecule has 0 bridgehead atoms. The average Bonchev–Trinajstić information content (AvgIpc) is 2.70. The van der Waals surface area contributed by atoms with E-state index in [9.17, 15) is 9.90 Å². The lowest BCUT2D eigenvalue weighted by Crippen LogP contribution is -2.15. The van der Waals surface area contributed by atoms with Crippen molar-refractivity contribution in [2.45, 2.75) is 20.0 Å². The second kappa shape index (κ2) is 4.59. The highest BCUT2D eigenvalue weighted by Crippen LogP contribution is 2.24. The van der Waals surface area contributed by atoms with Crippen LogP contribution in [0.4, 0.5) is 0 Å². The zero-order valence-electron chi connectivity index (χ0n) is 9.77. The molecule has 1 heterocycles. The largest absolute Gasteiger partial charge is 0.464 e. The maximum absolute atomic E-state index is 11.4. The van der Waals surface area contributed by atoms with Gasteiger partial charge in [-0.1, -0.05) is 12.1 Å². The van der Waals surface area contributed by atoms with Gasteiger partial charge in [-0.15, -0.1) is 0 Å². The van der Waals surface area contributed by atoms with Crippen molar-refractivity contribution in [3.05, 3.63) is 35.6 Å². The maximum Gasteiger partial charge on any atom is 0.339 e. The molecule has 0 aliphatic carbocycles. The number of furan rings is 1. The summed E-state index contributed by atoms with van der Waals surface area (Å²) in [7, 11) is 0. The van der Waals surface area contributed by atoms with Crippen molar-refractivity contribution in [3.63, 3.8) is 0 Å². The first-order chi connectivity index (χ1) is 8.13. The van der Waals surface area contributed by atoms with E-state index in [1.165, 1.54) is 0 Å². The molecule has 0 aliphatic heterocycles. The number of esters is 1. The highest BCUT2D eigenvalue weighted by Gasteiger charge is 2.19. The Morgan fingerprint density at radius 3 is 3.00 bits per heavy atom. The molecule has 17 heavy (non-hydrogen) atoms. The Bertz CT molecular complexity index is 541. The average molecular weight is 234 g/mol. The van der Waals surface area contributed by atoms with Crippen LogP contribution in [0.1, 0.15) is 24.2 Å². The minimum atomic E-state index is -1.26. The summed E-state index contributed by atoms with van der Waals surface area (Å²) in [4.78, 5) is 11.4. The van der Waals surface area contributed by atoms with Gasteiger partial charge >= 0.3 is 5.97 Å². The van der Waals surface area contributed by atoms with Gasteiger partial charge in [0.15, 0.2) is 6.10 Å². The number of hydrogen-bond donors (Lipinski definition) is 1. The lowest BCUT2D eigenvalue weighted by molar-refractivity contribution is -0.153. The summed E-state index contributed by atoms with van der Waals surface area (Å²) in [6.07, 6.45) is 0.385. The number of aryl methyl sites for hydroxylation is 1. The van der Waals surface area contributed by atoms with E-state index in [0.29, 0.717) is 11.1 Å². The van der Waals surface area contributed by atoms with Crippen LogP contribution >= 0.6 is 0 Å². The first kappa shape index (κ1) is 11.7. The summed E-state index contributed by atoms with van der Waals surface area (Å²) in [5.74, 6) is -0.643. The molecule has 0 fully saturated rings. The van der Waals surface area contributed by atoms with Gasteiger partial charge in [0, 0.05) is 5.39 Å². The molecule has 1 aromatic heterocycles. The van der Waals surface area contributed by atoms with Crippen LogP contribution in [0.3, 0.4) is 0 Å². The molecule has 1 atom stereocenters. The van der Waals surface area contributed by atoms with Crippen molar-refractivity contribution in [2.75, 3.05) is 6.61 Å². The first-order valence-corrected chi connectivity index (χ1v) is 5.46. The fourth-order valence-corrected chi connectivity index (χ4v) is 1.70. The number of benzene rings is 1. The second-order valence-electron chi connectivity index (χ2n) is 3.83. The van der Waals surface area contributed by atoms with Crippen LogP contribution in [0.25, 0.3) is 11.0 Å². The molecular weight excluding hydrogens is 220 g/mol. The number of carbonyl (C=O) groups excluding carboxylic acids is 1. The Morgan fingerprint density at radius 1 is 1.53 bits per heavy atom. The summed E-state index contributed by atoms with van der Waals surface area (Å²) in [5, 5.41) is 10.7. The second-order valence-corrected chi connectivity index (χ2v) is 3.83. The van der Waals surface area contributed by atoms with Crippen LogP contribution in [0.5, 0.6) is 0 Å². The van der Waals surface area contributed by atoms with Crippen molar-refractivity contribution in [3.8, 4) is 0 Å². The lowest BCUT2D eigenvalue weighted by atomic mass is 10.1. The normalized spacial score (nSPS) is 12.6. The summed E-state index contributed by atoms with van der Waals surface area (Å²) in [6, 6.07) is 5.18. The van der Waals surface area contributed by atoms with E-state index < -0.39 is 12.1 Å². The summed E-state index contributed by atoms with van der Waals surface area (Å²) >= 11 is 0. The number of ether oxygens (including phenoxy) is 1. The van der Waals surface area contributed by atoms with E-state index in [-0.39, 0.29) is 6.61 Å². The maximum atomic E-state index is 11.4. The van der Waals surface area contributed by atoms with Crippen LogP contribution in [-0.2, 0) is 9.53 Å². The predicted octanol–water partition coefficient (Wildman–Crippen LogP) is 2.34. The molecule has 1 N–H and O–H groups in total. The van der Waals surface area contributed by atoms with Gasteiger partial charge < -0.3 is 14.3 Å². The Kier molecular flexibility index (Phi) is 3.15. The van der Waals surface area contributed by atoms with E-state index >= 15 is 0 Å². The minimum absolute atomic E-state index is 0.248. The molecule has 0 amide bonds. The van der Waals surface area contributed by atoms with E-state index in [1.54, 1.807) is 25.3 Å². The molecule has 0 aliphatic rings. The molecule has 4 nitrogen and oxygen atoms in total. The van der Waals surface area contributed by atoms with Crippen LogP contribution in [0, 0.1) is 6.92 Å². The van der Waals surface area contributed by atoms with E-state index in [0.717, 1.165) is 10.9 Å². The van der Waals surface area contributed by atoms with Crippen molar-refractivity contribution in [1.82, 2.24) is 0 Å². The lowest BCUT2D eigenvalue weighted by Gasteiger charge is -2.09. The Morgan fingerprint density at radius 2 is 2.29 bits per heavy atom. The van der Waals surface area contributed by atoms with Gasteiger partial charge in [-0.2, -0.15) is 0 Å². The minimum Gasteiger partial charge on any atom is -0.464 e. The molecule has 4 heteroatoms. The van der Waals surface area contributed by atoms with Gasteiger partial charge in [-0.3, -0.25) is 0 Å². The standard InChI is InChI=1S/C13H14O4/c1-3-16-13(15)12(14)9-4-5-10-8(2)7-17-11(10)6-9/h4-7,12,14H,3H2,1-2H3. The third kappa shape index (κ3) is 2.17. The fraction of sp³-hybridized carbons (Fsp3) is 0.308. The highest BCUT2D eigenvalue weighted by atomic mass is 16.5. The Hall–Kier alpha value is -1.81. The Labute approximate surface area is 98.8 Å². The number of aliphatic hydroxyl groups excluding tert-OH is 1. The third-order valence-corrected chi connectivity index (χ3v) is 2.62. The van der Waals surface area contributed by atoms with Crippen molar-refractivity contribution in [2.24, 2.45) is 0 Å². The van der Waals surface area contributed by atoms with E-state index in [1.807, 2.05) is 13.0 Å². The highest BCUT2D eigenvalue weighted by molar-refractivity contribution is 5.83. The number of aliphatic hydroxyl groups is 1. The van der Waals surface area contributed by atoms with Crippen molar-refractivity contribution in [1.29, 1.82) is 0 Å². The zero-order chi connectivity index (χ0) is 12.4. The predicted molar refractivity (Wildman–Crippen MR) is 62.5 cm³/mol. The van der Waals surface area contributed by atoms with Gasteiger partial charge in [0.2, 0.25) is 0 Å². The number of rotatable bonds is 3. The topological polar surface area (TPSA) is 59.7 Å². The molecule has 0 radical (unpaired) electrons. The van der Waals surface area contributed by atoms with E-state index in [4.69, 9.17) is 9.15 Å². The van der Waals surface area contributed by atoms with Crippen LogP contribution < -0.4 is 0 Å².